The summed E-state index contributed by atoms with van der Waals surface area (Å²) in [7, 11) is 0. The third kappa shape index (κ3) is 2.03. The highest BCUT2D eigenvalue weighted by atomic mass is 19.4. The van der Waals surface area contributed by atoms with Crippen molar-refractivity contribution in [1.29, 1.82) is 0 Å². The molecule has 0 spiro atoms. The van der Waals surface area contributed by atoms with Crippen molar-refractivity contribution < 1.29 is 18.3 Å². The molecule has 0 aliphatic carbocycles. The second kappa shape index (κ2) is 3.69. The van der Waals surface area contributed by atoms with Gasteiger partial charge in [-0.15, -0.1) is 0 Å². The van der Waals surface area contributed by atoms with Crippen LogP contribution in [0, 0.1) is 0 Å². The fourth-order valence-corrected chi connectivity index (χ4v) is 1.41. The zero-order valence-electron chi connectivity index (χ0n) is 8.32. The van der Waals surface area contributed by atoms with Gasteiger partial charge in [0.1, 0.15) is 0 Å². The quantitative estimate of drug-likeness (QED) is 0.804. The van der Waals surface area contributed by atoms with Gasteiger partial charge in [-0.1, -0.05) is 0 Å². The largest absolute Gasteiger partial charge is 0.493 e. The lowest BCUT2D eigenvalue weighted by atomic mass is 10.2. The van der Waals surface area contributed by atoms with E-state index >= 15 is 0 Å². The molecule has 1 aromatic heterocycles. The monoisotopic (exact) mass is 244 g/mol. The van der Waals surface area contributed by atoms with E-state index in [9.17, 15) is 23.1 Å². The lowest BCUT2D eigenvalue weighted by molar-refractivity contribution is -0.137. The van der Waals surface area contributed by atoms with Crippen LogP contribution in [-0.2, 0) is 6.18 Å². The maximum absolute atomic E-state index is 12.3. The molecule has 0 aliphatic heterocycles. The number of aromatic amines is 1. The molecule has 2 rings (SSSR count). The molecule has 17 heavy (non-hydrogen) atoms. The first kappa shape index (κ1) is 11.3. The second-order valence-electron chi connectivity index (χ2n) is 3.33. The predicted octanol–water partition coefficient (Wildman–Crippen LogP) is 1.89. The second-order valence-corrected chi connectivity index (χ2v) is 3.33. The number of aromatic nitrogens is 2. The smallest absolute Gasteiger partial charge is 0.416 e. The van der Waals surface area contributed by atoms with E-state index in [2.05, 4.69) is 4.98 Å². The van der Waals surface area contributed by atoms with E-state index in [4.69, 9.17) is 0 Å². The minimum atomic E-state index is -4.43. The average molecular weight is 244 g/mol. The van der Waals surface area contributed by atoms with Gasteiger partial charge in [0.05, 0.1) is 17.4 Å². The van der Waals surface area contributed by atoms with Crippen LogP contribution >= 0.6 is 0 Å². The van der Waals surface area contributed by atoms with Crippen molar-refractivity contribution in [2.24, 2.45) is 0 Å². The van der Waals surface area contributed by atoms with Crippen LogP contribution in [0.15, 0.2) is 35.3 Å². The molecule has 0 unspecified atom stereocenters. The maximum atomic E-state index is 12.3. The summed E-state index contributed by atoms with van der Waals surface area (Å²) in [5.74, 6) is -0.366. The highest BCUT2D eigenvalue weighted by Gasteiger charge is 2.30. The summed E-state index contributed by atoms with van der Waals surface area (Å²) in [5, 5.41) is 9.32. The van der Waals surface area contributed by atoms with Gasteiger partial charge >= 0.3 is 11.9 Å². The van der Waals surface area contributed by atoms with Crippen LogP contribution in [0.1, 0.15) is 5.56 Å². The van der Waals surface area contributed by atoms with E-state index in [1.165, 1.54) is 0 Å². The van der Waals surface area contributed by atoms with Gasteiger partial charge in [-0.05, 0) is 24.3 Å². The van der Waals surface area contributed by atoms with Crippen molar-refractivity contribution in [2.45, 2.75) is 6.18 Å². The minimum absolute atomic E-state index is 0.154. The molecule has 90 valence electrons. The number of aromatic hydroxyl groups is 1. The molecule has 0 bridgehead atoms. The molecule has 7 heteroatoms. The Labute approximate surface area is 92.9 Å². The van der Waals surface area contributed by atoms with Crippen LogP contribution in [-0.4, -0.2) is 14.7 Å². The molecule has 0 radical (unpaired) electrons. The van der Waals surface area contributed by atoms with E-state index in [1.807, 2.05) is 0 Å². The molecule has 0 amide bonds. The van der Waals surface area contributed by atoms with Gasteiger partial charge in [-0.3, -0.25) is 0 Å². The molecular formula is C10H7F3N2O2. The summed E-state index contributed by atoms with van der Waals surface area (Å²) in [5.41, 5.74) is -1.28. The summed E-state index contributed by atoms with van der Waals surface area (Å²) >= 11 is 0. The Hall–Kier alpha value is -2.18. The highest BCUT2D eigenvalue weighted by molar-refractivity contribution is 5.38. The van der Waals surface area contributed by atoms with Crippen LogP contribution in [0.2, 0.25) is 0 Å². The molecular weight excluding hydrogens is 237 g/mol. The third-order valence-corrected chi connectivity index (χ3v) is 2.21. The Kier molecular flexibility index (Phi) is 2.45. The molecule has 4 nitrogen and oxygen atoms in total. The van der Waals surface area contributed by atoms with Gasteiger partial charge in [-0.2, -0.15) is 13.2 Å². The number of rotatable bonds is 1. The zero-order valence-corrected chi connectivity index (χ0v) is 8.32. The number of benzene rings is 1. The molecule has 2 N–H and O–H groups in total. The molecule has 0 saturated carbocycles. The van der Waals surface area contributed by atoms with Gasteiger partial charge < -0.3 is 10.1 Å². The molecule has 0 fully saturated rings. The van der Waals surface area contributed by atoms with Crippen molar-refractivity contribution in [3.8, 4) is 11.6 Å². The number of alkyl halides is 3. The Morgan fingerprint density at radius 2 is 1.76 bits per heavy atom. The Bertz CT molecular complexity index is 581. The number of nitrogens with zero attached hydrogens (tertiary/aromatic N) is 1. The zero-order chi connectivity index (χ0) is 12.6. The summed E-state index contributed by atoms with van der Waals surface area (Å²) < 4.78 is 37.8. The fraction of sp³-hybridized carbons (Fsp3) is 0.100. The van der Waals surface area contributed by atoms with Crippen LogP contribution in [0.5, 0.6) is 5.88 Å². The highest BCUT2D eigenvalue weighted by Crippen LogP contribution is 2.29. The predicted molar refractivity (Wildman–Crippen MR) is 53.1 cm³/mol. The number of H-pyrrole nitrogens is 1. The summed E-state index contributed by atoms with van der Waals surface area (Å²) in [4.78, 5) is 13.5. The van der Waals surface area contributed by atoms with E-state index < -0.39 is 17.4 Å². The standard InChI is InChI=1S/C10H7F3N2O2/c11-10(12,13)6-1-3-7(4-2-6)15-8(16)5-14-9(15)17/h1-5,16H,(H,14,17). The Morgan fingerprint density at radius 1 is 1.18 bits per heavy atom. The van der Waals surface area contributed by atoms with Crippen LogP contribution in [0.3, 0.4) is 0 Å². The van der Waals surface area contributed by atoms with Gasteiger partial charge in [0.2, 0.25) is 5.88 Å². The van der Waals surface area contributed by atoms with Gasteiger partial charge in [0.25, 0.3) is 0 Å². The van der Waals surface area contributed by atoms with Crippen molar-refractivity contribution in [3.63, 3.8) is 0 Å². The van der Waals surface area contributed by atoms with Crippen molar-refractivity contribution in [2.75, 3.05) is 0 Å². The van der Waals surface area contributed by atoms with E-state index in [1.54, 1.807) is 0 Å². The van der Waals surface area contributed by atoms with Gasteiger partial charge in [-0.25, -0.2) is 9.36 Å². The Balaban J connectivity index is 2.47. The third-order valence-electron chi connectivity index (χ3n) is 2.21. The number of imidazole rings is 1. The lowest BCUT2D eigenvalue weighted by Crippen LogP contribution is -2.14. The van der Waals surface area contributed by atoms with Gasteiger partial charge in [0, 0.05) is 0 Å². The Morgan fingerprint density at radius 3 is 2.18 bits per heavy atom. The SMILES string of the molecule is O=c1[nH]cc(O)n1-c1ccc(C(F)(F)F)cc1. The molecule has 1 aromatic carbocycles. The van der Waals surface area contributed by atoms with Crippen molar-refractivity contribution >= 4 is 0 Å². The van der Waals surface area contributed by atoms with E-state index in [0.717, 1.165) is 35.0 Å². The number of hydrogen-bond donors (Lipinski definition) is 2. The summed E-state index contributed by atoms with van der Waals surface area (Å²) in [6, 6.07) is 3.90. The van der Waals surface area contributed by atoms with Crippen molar-refractivity contribution in [1.82, 2.24) is 9.55 Å². The van der Waals surface area contributed by atoms with E-state index in [0.29, 0.717) is 0 Å². The lowest BCUT2D eigenvalue weighted by Gasteiger charge is -2.07. The van der Waals surface area contributed by atoms with Crippen molar-refractivity contribution in [3.05, 3.63) is 46.5 Å². The number of hydrogen-bond acceptors (Lipinski definition) is 2. The maximum Gasteiger partial charge on any atom is 0.416 e. The van der Waals surface area contributed by atoms with E-state index in [-0.39, 0.29) is 11.6 Å². The first-order valence-electron chi connectivity index (χ1n) is 4.56. The first-order chi connectivity index (χ1) is 7.89. The number of halogens is 3. The normalized spacial score (nSPS) is 11.7. The topological polar surface area (TPSA) is 58.0 Å². The first-order valence-corrected chi connectivity index (χ1v) is 4.56. The minimum Gasteiger partial charge on any atom is -0.493 e. The van der Waals surface area contributed by atoms with Crippen LogP contribution in [0.25, 0.3) is 5.69 Å². The van der Waals surface area contributed by atoms with Gasteiger partial charge in [0.15, 0.2) is 0 Å². The molecule has 0 atom stereocenters. The average Bonchev–Trinajstić information content (AvgIpc) is 2.58. The summed E-state index contributed by atoms with van der Waals surface area (Å²) in [6.45, 7) is 0. The molecule has 0 saturated heterocycles. The van der Waals surface area contributed by atoms with Crippen LogP contribution < -0.4 is 5.69 Å². The molecule has 0 aliphatic rings. The van der Waals surface area contributed by atoms with Crippen LogP contribution in [0.4, 0.5) is 13.2 Å². The summed E-state index contributed by atoms with van der Waals surface area (Å²) in [6.07, 6.45) is -3.37. The fourth-order valence-electron chi connectivity index (χ4n) is 1.41. The number of nitrogens with one attached hydrogen (secondary N) is 1. The molecule has 1 heterocycles. The molecule has 2 aromatic rings.